The molecule has 3 heteroatoms. The minimum absolute atomic E-state index is 0.0510. The Kier molecular flexibility index (Phi) is 3.61. The van der Waals surface area contributed by atoms with Gasteiger partial charge in [-0.2, -0.15) is 0 Å². The number of fused-ring (bicyclic) bond motifs is 3. The molecule has 0 radical (unpaired) electrons. The summed E-state index contributed by atoms with van der Waals surface area (Å²) in [7, 11) is 3.68. The first kappa shape index (κ1) is 14.7. The molecule has 2 saturated heterocycles. The molecule has 2 fully saturated rings. The molecule has 4 rings (SSSR count). The van der Waals surface area contributed by atoms with Gasteiger partial charge in [0.25, 0.3) is 0 Å². The number of rotatable bonds is 2. The number of ether oxygens (including phenoxy) is 1. The van der Waals surface area contributed by atoms with E-state index in [0.29, 0.717) is 12.1 Å². The van der Waals surface area contributed by atoms with E-state index in [4.69, 9.17) is 4.74 Å². The largest absolute Gasteiger partial charge is 0.469 e. The molecule has 2 aromatic rings. The van der Waals surface area contributed by atoms with Crippen molar-refractivity contribution in [1.82, 2.24) is 4.90 Å². The predicted molar refractivity (Wildman–Crippen MR) is 91.4 cm³/mol. The molecule has 0 amide bonds. The van der Waals surface area contributed by atoms with Gasteiger partial charge >= 0.3 is 5.97 Å². The van der Waals surface area contributed by atoms with Crippen LogP contribution in [-0.2, 0) is 9.53 Å². The fraction of sp³-hybridized carbons (Fsp3) is 0.450. The number of methoxy groups -OCH3 is 1. The van der Waals surface area contributed by atoms with Gasteiger partial charge in [-0.25, -0.2) is 0 Å². The minimum atomic E-state index is -0.0552. The Morgan fingerprint density at radius 2 is 1.91 bits per heavy atom. The Hall–Kier alpha value is -1.87. The van der Waals surface area contributed by atoms with Gasteiger partial charge in [-0.15, -0.1) is 0 Å². The van der Waals surface area contributed by atoms with Gasteiger partial charge in [0.1, 0.15) is 0 Å². The molecule has 120 valence electrons. The van der Waals surface area contributed by atoms with Crippen molar-refractivity contribution in [1.29, 1.82) is 0 Å². The van der Waals surface area contributed by atoms with Crippen LogP contribution in [0.5, 0.6) is 0 Å². The van der Waals surface area contributed by atoms with Crippen LogP contribution in [0.15, 0.2) is 42.5 Å². The first-order valence-corrected chi connectivity index (χ1v) is 8.47. The summed E-state index contributed by atoms with van der Waals surface area (Å²) in [5.74, 6) is 0.158. The van der Waals surface area contributed by atoms with Gasteiger partial charge in [0.15, 0.2) is 0 Å². The number of benzene rings is 2. The van der Waals surface area contributed by atoms with Crippen molar-refractivity contribution in [2.24, 2.45) is 5.92 Å². The summed E-state index contributed by atoms with van der Waals surface area (Å²) in [6.45, 7) is 0. The van der Waals surface area contributed by atoms with Gasteiger partial charge in [-0.1, -0.05) is 42.5 Å². The summed E-state index contributed by atoms with van der Waals surface area (Å²) in [4.78, 5) is 14.9. The quantitative estimate of drug-likeness (QED) is 0.794. The summed E-state index contributed by atoms with van der Waals surface area (Å²) in [5, 5.41) is 2.50. The van der Waals surface area contributed by atoms with Crippen LogP contribution in [0.4, 0.5) is 0 Å². The van der Waals surface area contributed by atoms with Crippen LogP contribution in [0.2, 0.25) is 0 Å². The highest BCUT2D eigenvalue weighted by atomic mass is 16.5. The molecular weight excluding hydrogens is 286 g/mol. The highest BCUT2D eigenvalue weighted by molar-refractivity contribution is 5.83. The van der Waals surface area contributed by atoms with E-state index in [0.717, 1.165) is 12.8 Å². The zero-order chi connectivity index (χ0) is 16.0. The van der Waals surface area contributed by atoms with E-state index in [1.807, 2.05) is 0 Å². The Bertz CT molecular complexity index is 741. The maximum Gasteiger partial charge on any atom is 0.310 e. The van der Waals surface area contributed by atoms with Gasteiger partial charge in [0.05, 0.1) is 13.0 Å². The van der Waals surface area contributed by atoms with Crippen molar-refractivity contribution in [3.8, 4) is 0 Å². The van der Waals surface area contributed by atoms with Gasteiger partial charge in [0.2, 0.25) is 0 Å². The molecule has 0 saturated carbocycles. The lowest BCUT2D eigenvalue weighted by atomic mass is 9.76. The first-order valence-electron chi connectivity index (χ1n) is 8.47. The molecule has 2 heterocycles. The lowest BCUT2D eigenvalue weighted by Crippen LogP contribution is -2.49. The van der Waals surface area contributed by atoms with E-state index < -0.39 is 0 Å². The Morgan fingerprint density at radius 3 is 2.70 bits per heavy atom. The number of esters is 1. The van der Waals surface area contributed by atoms with Gasteiger partial charge in [0, 0.05) is 18.0 Å². The van der Waals surface area contributed by atoms with E-state index in [-0.39, 0.29) is 17.8 Å². The third-order valence-electron chi connectivity index (χ3n) is 5.94. The standard InChI is InChI=1S/C20H23NO2/c1-21-16-9-10-18(21)19(20(22)23-2)17(12-16)15-8-7-13-5-3-4-6-14(13)11-15/h3-8,11,16-19H,9-10,12H2,1-2H3/t16-,17+,18+,19+/m1/s1. The maximum atomic E-state index is 12.5. The van der Waals surface area contributed by atoms with Crippen LogP contribution in [0.1, 0.15) is 30.7 Å². The second-order valence-corrected chi connectivity index (χ2v) is 6.96. The Labute approximate surface area is 137 Å². The molecule has 2 aliphatic rings. The molecule has 2 bridgehead atoms. The summed E-state index contributed by atoms with van der Waals surface area (Å²) in [6, 6.07) is 16.0. The van der Waals surface area contributed by atoms with E-state index in [1.54, 1.807) is 0 Å². The van der Waals surface area contributed by atoms with Crippen LogP contribution in [0.25, 0.3) is 10.8 Å². The molecule has 3 nitrogen and oxygen atoms in total. The zero-order valence-electron chi connectivity index (χ0n) is 13.7. The molecule has 0 spiro atoms. The molecule has 0 N–H and O–H groups in total. The number of nitrogens with zero attached hydrogens (tertiary/aromatic N) is 1. The molecule has 2 aliphatic heterocycles. The summed E-state index contributed by atoms with van der Waals surface area (Å²) >= 11 is 0. The smallest absolute Gasteiger partial charge is 0.310 e. The molecule has 0 unspecified atom stereocenters. The number of hydrogen-bond acceptors (Lipinski definition) is 3. The Balaban J connectivity index is 1.76. The predicted octanol–water partition coefficient (Wildman–Crippen LogP) is 3.58. The third-order valence-corrected chi connectivity index (χ3v) is 5.94. The SMILES string of the molecule is COC(=O)[C@H]1[C@H](c2ccc3ccccc3c2)C[C@H]2CC[C@@H]1N2C. The van der Waals surface area contributed by atoms with Crippen molar-refractivity contribution < 1.29 is 9.53 Å². The molecule has 0 aromatic heterocycles. The van der Waals surface area contributed by atoms with Crippen LogP contribution >= 0.6 is 0 Å². The van der Waals surface area contributed by atoms with E-state index in [2.05, 4.69) is 54.4 Å². The Morgan fingerprint density at radius 1 is 1.13 bits per heavy atom. The van der Waals surface area contributed by atoms with Crippen molar-refractivity contribution in [2.45, 2.75) is 37.3 Å². The second-order valence-electron chi connectivity index (χ2n) is 6.96. The average Bonchev–Trinajstić information content (AvgIpc) is 2.83. The fourth-order valence-corrected chi connectivity index (χ4v) is 4.71. The highest BCUT2D eigenvalue weighted by Crippen LogP contribution is 2.46. The molecule has 2 aromatic carbocycles. The number of piperidine rings is 1. The molecule has 4 atom stereocenters. The van der Waals surface area contributed by atoms with Crippen molar-refractivity contribution in [3.05, 3.63) is 48.0 Å². The van der Waals surface area contributed by atoms with Crippen molar-refractivity contribution in [2.75, 3.05) is 14.2 Å². The lowest BCUT2D eigenvalue weighted by molar-refractivity contribution is -0.150. The second kappa shape index (κ2) is 5.64. The molecule has 23 heavy (non-hydrogen) atoms. The van der Waals surface area contributed by atoms with Crippen LogP contribution in [0, 0.1) is 5.92 Å². The van der Waals surface area contributed by atoms with E-state index in [9.17, 15) is 4.79 Å². The molecule has 0 aliphatic carbocycles. The van der Waals surface area contributed by atoms with Gasteiger partial charge < -0.3 is 4.74 Å². The van der Waals surface area contributed by atoms with Crippen LogP contribution < -0.4 is 0 Å². The van der Waals surface area contributed by atoms with Gasteiger partial charge in [-0.3, -0.25) is 9.69 Å². The summed E-state index contributed by atoms with van der Waals surface area (Å²) < 4.78 is 5.16. The fourth-order valence-electron chi connectivity index (χ4n) is 4.71. The number of hydrogen-bond donors (Lipinski definition) is 0. The van der Waals surface area contributed by atoms with E-state index in [1.165, 1.54) is 29.9 Å². The average molecular weight is 309 g/mol. The van der Waals surface area contributed by atoms with E-state index >= 15 is 0 Å². The molecular formula is C20H23NO2. The van der Waals surface area contributed by atoms with Crippen molar-refractivity contribution in [3.63, 3.8) is 0 Å². The number of carbonyl (C=O) groups is 1. The monoisotopic (exact) mass is 309 g/mol. The van der Waals surface area contributed by atoms with Gasteiger partial charge in [-0.05, 0) is 42.6 Å². The summed E-state index contributed by atoms with van der Waals surface area (Å²) in [5.41, 5.74) is 1.28. The lowest BCUT2D eigenvalue weighted by Gasteiger charge is -2.41. The third kappa shape index (κ3) is 2.34. The normalized spacial score (nSPS) is 30.5. The van der Waals surface area contributed by atoms with Crippen LogP contribution in [0.3, 0.4) is 0 Å². The summed E-state index contributed by atoms with van der Waals surface area (Å²) in [6.07, 6.45) is 3.34. The number of carbonyl (C=O) groups excluding carboxylic acids is 1. The highest BCUT2D eigenvalue weighted by Gasteiger charge is 2.49. The first-order chi connectivity index (χ1) is 11.2. The minimum Gasteiger partial charge on any atom is -0.469 e. The maximum absolute atomic E-state index is 12.5. The van der Waals surface area contributed by atoms with Crippen LogP contribution in [-0.4, -0.2) is 37.1 Å². The van der Waals surface area contributed by atoms with Crippen molar-refractivity contribution >= 4 is 16.7 Å². The topological polar surface area (TPSA) is 29.5 Å². The zero-order valence-corrected chi connectivity index (χ0v) is 13.7.